The summed E-state index contributed by atoms with van der Waals surface area (Å²) in [4.78, 5) is 13.3. The van der Waals surface area contributed by atoms with E-state index < -0.39 is 6.03 Å². The molecule has 0 bridgehead atoms. The molecular formula is C7H10N4O. The van der Waals surface area contributed by atoms with Crippen molar-refractivity contribution in [1.29, 1.82) is 0 Å². The molecule has 0 saturated heterocycles. The number of hydrazone groups is 1. The van der Waals surface area contributed by atoms with E-state index in [-0.39, 0.29) is 0 Å². The largest absolute Gasteiger partial charge is 0.367 e. The van der Waals surface area contributed by atoms with Crippen LogP contribution in [-0.2, 0) is 0 Å². The molecule has 1 aromatic heterocycles. The summed E-state index contributed by atoms with van der Waals surface area (Å²) in [7, 11) is 1.49. The fraction of sp³-hybridized carbons (Fsp3) is 0.143. The minimum atomic E-state index is -0.582. The van der Waals surface area contributed by atoms with Crippen LogP contribution < -0.4 is 5.73 Å². The lowest BCUT2D eigenvalue weighted by molar-refractivity contribution is 0.220. The molecular weight excluding hydrogens is 156 g/mol. The van der Waals surface area contributed by atoms with Gasteiger partial charge in [0.15, 0.2) is 0 Å². The molecule has 0 aliphatic heterocycles. The summed E-state index contributed by atoms with van der Waals surface area (Å²) < 4.78 is 0. The molecule has 12 heavy (non-hydrogen) atoms. The highest BCUT2D eigenvalue weighted by atomic mass is 16.2. The molecule has 0 fully saturated rings. The van der Waals surface area contributed by atoms with Crippen molar-refractivity contribution in [3.05, 3.63) is 24.0 Å². The SMILES string of the molecule is CN(/N=C/c1cc[nH]c1)C(N)=O. The molecule has 1 aromatic rings. The van der Waals surface area contributed by atoms with Crippen LogP contribution in [0.3, 0.4) is 0 Å². The second-order valence-electron chi connectivity index (χ2n) is 2.25. The first-order chi connectivity index (χ1) is 5.70. The molecule has 0 aliphatic carbocycles. The molecule has 0 radical (unpaired) electrons. The van der Waals surface area contributed by atoms with E-state index in [2.05, 4.69) is 10.1 Å². The maximum absolute atomic E-state index is 10.5. The molecule has 3 N–H and O–H groups in total. The van der Waals surface area contributed by atoms with Gasteiger partial charge in [-0.05, 0) is 6.07 Å². The molecule has 64 valence electrons. The maximum atomic E-state index is 10.5. The van der Waals surface area contributed by atoms with Crippen molar-refractivity contribution in [2.24, 2.45) is 10.8 Å². The van der Waals surface area contributed by atoms with Gasteiger partial charge < -0.3 is 10.7 Å². The number of nitrogens with one attached hydrogen (secondary N) is 1. The first-order valence-corrected chi connectivity index (χ1v) is 3.40. The van der Waals surface area contributed by atoms with Crippen molar-refractivity contribution >= 4 is 12.2 Å². The Morgan fingerprint density at radius 1 is 1.83 bits per heavy atom. The molecule has 0 unspecified atom stereocenters. The number of carbonyl (C=O) groups is 1. The van der Waals surface area contributed by atoms with Gasteiger partial charge in [-0.2, -0.15) is 5.10 Å². The smallest absolute Gasteiger partial charge is 0.334 e. The number of amides is 2. The molecule has 1 rings (SSSR count). The number of urea groups is 1. The van der Waals surface area contributed by atoms with Crippen LogP contribution in [0, 0.1) is 0 Å². The molecule has 0 saturated carbocycles. The molecule has 0 spiro atoms. The van der Waals surface area contributed by atoms with Crippen LogP contribution in [0.1, 0.15) is 5.56 Å². The lowest BCUT2D eigenvalue weighted by Gasteiger charge is -2.04. The van der Waals surface area contributed by atoms with Gasteiger partial charge in [-0.3, -0.25) is 0 Å². The lowest BCUT2D eigenvalue weighted by atomic mass is 10.4. The standard InChI is InChI=1S/C7H10N4O/c1-11(7(8)12)10-5-6-2-3-9-4-6/h2-5,9H,1H3,(H2,8,12)/b10-5+. The summed E-state index contributed by atoms with van der Waals surface area (Å²) in [6.45, 7) is 0. The molecule has 5 nitrogen and oxygen atoms in total. The summed E-state index contributed by atoms with van der Waals surface area (Å²) in [6, 6.07) is 1.25. The average molecular weight is 166 g/mol. The summed E-state index contributed by atoms with van der Waals surface area (Å²) >= 11 is 0. The summed E-state index contributed by atoms with van der Waals surface area (Å²) in [5.41, 5.74) is 5.83. The van der Waals surface area contributed by atoms with Crippen molar-refractivity contribution in [1.82, 2.24) is 9.99 Å². The Morgan fingerprint density at radius 2 is 2.58 bits per heavy atom. The van der Waals surface area contributed by atoms with E-state index in [1.165, 1.54) is 7.05 Å². The summed E-state index contributed by atoms with van der Waals surface area (Å²) in [5, 5.41) is 4.84. The van der Waals surface area contributed by atoms with Gasteiger partial charge >= 0.3 is 6.03 Å². The van der Waals surface area contributed by atoms with E-state index in [1.807, 2.05) is 6.07 Å². The fourth-order valence-corrected chi connectivity index (χ4v) is 0.627. The quantitative estimate of drug-likeness (QED) is 0.483. The number of aromatic nitrogens is 1. The van der Waals surface area contributed by atoms with Crippen LogP contribution in [0.15, 0.2) is 23.6 Å². The normalized spacial score (nSPS) is 10.4. The van der Waals surface area contributed by atoms with Gasteiger partial charge in [0.2, 0.25) is 0 Å². The van der Waals surface area contributed by atoms with Gasteiger partial charge in [0, 0.05) is 25.0 Å². The Morgan fingerprint density at radius 3 is 3.08 bits per heavy atom. The topological polar surface area (TPSA) is 74.5 Å². The zero-order valence-electron chi connectivity index (χ0n) is 6.69. The highest BCUT2D eigenvalue weighted by Gasteiger charge is 1.97. The van der Waals surface area contributed by atoms with Crippen molar-refractivity contribution in [2.45, 2.75) is 0 Å². The van der Waals surface area contributed by atoms with Gasteiger partial charge in [-0.15, -0.1) is 0 Å². The highest BCUT2D eigenvalue weighted by Crippen LogP contribution is 1.92. The predicted octanol–water partition coefficient (Wildman–Crippen LogP) is 0.359. The Balaban J connectivity index is 2.56. The van der Waals surface area contributed by atoms with Gasteiger partial charge in [-0.25, -0.2) is 9.80 Å². The number of carbonyl (C=O) groups excluding carboxylic acids is 1. The number of nitrogens with two attached hydrogens (primary N) is 1. The molecule has 1 heterocycles. The minimum Gasteiger partial charge on any atom is -0.367 e. The third-order valence-electron chi connectivity index (χ3n) is 1.32. The average Bonchev–Trinajstić information content (AvgIpc) is 2.51. The summed E-state index contributed by atoms with van der Waals surface area (Å²) in [5.74, 6) is 0. The monoisotopic (exact) mass is 166 g/mol. The van der Waals surface area contributed by atoms with E-state index in [9.17, 15) is 4.79 Å². The minimum absolute atomic E-state index is 0.582. The van der Waals surface area contributed by atoms with Gasteiger partial charge in [-0.1, -0.05) is 0 Å². The Kier molecular flexibility index (Phi) is 2.47. The van der Waals surface area contributed by atoms with E-state index in [0.29, 0.717) is 0 Å². The van der Waals surface area contributed by atoms with E-state index in [0.717, 1.165) is 10.6 Å². The first kappa shape index (κ1) is 8.32. The Bertz CT molecular complexity index is 278. The Hall–Kier alpha value is -1.78. The van der Waals surface area contributed by atoms with Gasteiger partial charge in [0.25, 0.3) is 0 Å². The highest BCUT2D eigenvalue weighted by molar-refractivity contribution is 5.81. The number of primary amides is 1. The van der Waals surface area contributed by atoms with Crippen LogP contribution in [0.5, 0.6) is 0 Å². The number of hydrogen-bond acceptors (Lipinski definition) is 2. The molecule has 2 amide bonds. The van der Waals surface area contributed by atoms with Crippen LogP contribution in [0.4, 0.5) is 4.79 Å². The molecule has 0 aromatic carbocycles. The second-order valence-corrected chi connectivity index (χ2v) is 2.25. The van der Waals surface area contributed by atoms with Crippen LogP contribution in [0.25, 0.3) is 0 Å². The van der Waals surface area contributed by atoms with Gasteiger partial charge in [0.1, 0.15) is 0 Å². The van der Waals surface area contributed by atoms with Crippen LogP contribution in [-0.4, -0.2) is 29.3 Å². The predicted molar refractivity (Wildman–Crippen MR) is 45.7 cm³/mol. The van der Waals surface area contributed by atoms with Crippen LogP contribution >= 0.6 is 0 Å². The number of nitrogens with zero attached hydrogens (tertiary/aromatic N) is 2. The summed E-state index contributed by atoms with van der Waals surface area (Å²) in [6.07, 6.45) is 5.07. The van der Waals surface area contributed by atoms with E-state index >= 15 is 0 Å². The zero-order chi connectivity index (χ0) is 8.97. The first-order valence-electron chi connectivity index (χ1n) is 3.40. The zero-order valence-corrected chi connectivity index (χ0v) is 6.69. The lowest BCUT2D eigenvalue weighted by Crippen LogP contribution is -2.27. The third kappa shape index (κ3) is 2.12. The van der Waals surface area contributed by atoms with Crippen molar-refractivity contribution < 1.29 is 4.79 Å². The number of H-pyrrole nitrogens is 1. The maximum Gasteiger partial charge on any atom is 0.334 e. The van der Waals surface area contributed by atoms with Crippen molar-refractivity contribution in [3.63, 3.8) is 0 Å². The second kappa shape index (κ2) is 3.56. The number of rotatable bonds is 2. The van der Waals surface area contributed by atoms with Crippen LogP contribution in [0.2, 0.25) is 0 Å². The molecule has 0 atom stereocenters. The van der Waals surface area contributed by atoms with E-state index in [1.54, 1.807) is 18.6 Å². The third-order valence-corrected chi connectivity index (χ3v) is 1.32. The number of hydrogen-bond donors (Lipinski definition) is 2. The molecule has 5 heteroatoms. The fourth-order valence-electron chi connectivity index (χ4n) is 0.627. The Labute approximate surface area is 69.9 Å². The van der Waals surface area contributed by atoms with E-state index in [4.69, 9.17) is 5.73 Å². The van der Waals surface area contributed by atoms with Gasteiger partial charge in [0.05, 0.1) is 6.21 Å². The van der Waals surface area contributed by atoms with Crippen molar-refractivity contribution in [2.75, 3.05) is 7.05 Å². The molecule has 0 aliphatic rings. The number of aromatic amines is 1. The van der Waals surface area contributed by atoms with Crippen molar-refractivity contribution in [3.8, 4) is 0 Å².